The number of rotatable bonds is 8. The van der Waals surface area contributed by atoms with Crippen LogP contribution in [0.1, 0.15) is 25.3 Å². The maximum absolute atomic E-state index is 4.17. The van der Waals surface area contributed by atoms with Crippen molar-refractivity contribution in [3.63, 3.8) is 0 Å². The summed E-state index contributed by atoms with van der Waals surface area (Å²) in [6.07, 6.45) is 6.65. The van der Waals surface area contributed by atoms with Crippen LogP contribution < -0.4 is 5.32 Å². The van der Waals surface area contributed by atoms with Gasteiger partial charge in [-0.15, -0.1) is 10.2 Å². The number of benzene rings is 1. The summed E-state index contributed by atoms with van der Waals surface area (Å²) in [7, 11) is 0. The van der Waals surface area contributed by atoms with Crippen LogP contribution in [-0.2, 0) is 0 Å². The van der Waals surface area contributed by atoms with Crippen LogP contribution in [0.5, 0.6) is 0 Å². The Labute approximate surface area is 128 Å². The summed E-state index contributed by atoms with van der Waals surface area (Å²) in [5.41, 5.74) is 1.23. The molecule has 1 aromatic heterocycles. The van der Waals surface area contributed by atoms with Gasteiger partial charge in [-0.25, -0.2) is 0 Å². The minimum Gasteiger partial charge on any atom is -0.360 e. The molecule has 0 aliphatic carbocycles. The normalized spacial score (nSPS) is 11.1. The Morgan fingerprint density at radius 2 is 2.10 bits per heavy atom. The first-order chi connectivity index (χ1) is 9.88. The molecular weight excluding hydrogens is 286 g/mol. The van der Waals surface area contributed by atoms with Crippen molar-refractivity contribution in [3.8, 4) is 0 Å². The molecule has 0 amide bonds. The average Bonchev–Trinajstić information content (AvgIpc) is 2.93. The van der Waals surface area contributed by atoms with Gasteiger partial charge >= 0.3 is 0 Å². The van der Waals surface area contributed by atoms with Crippen molar-refractivity contribution in [2.75, 3.05) is 17.6 Å². The van der Waals surface area contributed by atoms with E-state index < -0.39 is 0 Å². The number of hydrogen-bond donors (Lipinski definition) is 1. The number of thioether (sulfide) groups is 1. The van der Waals surface area contributed by atoms with Gasteiger partial charge in [-0.2, -0.15) is 0 Å². The fourth-order valence-electron chi connectivity index (χ4n) is 1.58. The molecule has 2 aromatic rings. The highest BCUT2D eigenvalue weighted by Gasteiger charge is 2.02. The fraction of sp³-hybridized carbons (Fsp3) is 0.333. The van der Waals surface area contributed by atoms with Crippen LogP contribution in [0.2, 0.25) is 0 Å². The van der Waals surface area contributed by atoms with Gasteiger partial charge in [-0.3, -0.25) is 0 Å². The van der Waals surface area contributed by atoms with Crippen molar-refractivity contribution in [3.05, 3.63) is 42.0 Å². The zero-order chi connectivity index (χ0) is 14.0. The molecule has 0 atom stereocenters. The lowest BCUT2D eigenvalue weighted by molar-refractivity contribution is 0.830. The summed E-state index contributed by atoms with van der Waals surface area (Å²) in [6, 6.07) is 10.3. The lowest BCUT2D eigenvalue weighted by Crippen LogP contribution is -1.99. The molecule has 0 aliphatic rings. The molecule has 0 radical (unpaired) electrons. The van der Waals surface area contributed by atoms with E-state index >= 15 is 0 Å². The van der Waals surface area contributed by atoms with Crippen LogP contribution in [0.4, 0.5) is 5.13 Å². The first-order valence-corrected chi connectivity index (χ1v) is 8.60. The molecule has 5 heteroatoms. The molecule has 106 valence electrons. The fourth-order valence-corrected chi connectivity index (χ4v) is 3.19. The van der Waals surface area contributed by atoms with Gasteiger partial charge in [0, 0.05) is 12.3 Å². The number of anilines is 1. The highest BCUT2D eigenvalue weighted by atomic mass is 32.2. The monoisotopic (exact) mass is 305 g/mol. The minimum absolute atomic E-state index is 0.915. The Balaban J connectivity index is 1.73. The lowest BCUT2D eigenvalue weighted by Gasteiger charge is -1.97. The lowest BCUT2D eigenvalue weighted by atomic mass is 10.2. The summed E-state index contributed by atoms with van der Waals surface area (Å²) in [6.45, 7) is 3.16. The molecule has 1 heterocycles. The summed E-state index contributed by atoms with van der Waals surface area (Å²) in [5, 5.41) is 12.5. The molecule has 0 fully saturated rings. The van der Waals surface area contributed by atoms with Crippen molar-refractivity contribution < 1.29 is 0 Å². The molecule has 0 spiro atoms. The van der Waals surface area contributed by atoms with Crippen LogP contribution in [-0.4, -0.2) is 22.5 Å². The van der Waals surface area contributed by atoms with Gasteiger partial charge in [0.1, 0.15) is 0 Å². The van der Waals surface area contributed by atoms with E-state index in [1.54, 1.807) is 23.1 Å². The summed E-state index contributed by atoms with van der Waals surface area (Å²) < 4.78 is 1.02. The number of nitrogens with zero attached hydrogens (tertiary/aromatic N) is 2. The molecular formula is C15H19N3S2. The number of unbranched alkanes of at least 4 members (excludes halogenated alkanes) is 1. The summed E-state index contributed by atoms with van der Waals surface area (Å²) >= 11 is 3.34. The smallest absolute Gasteiger partial charge is 0.206 e. The predicted molar refractivity (Wildman–Crippen MR) is 89.5 cm³/mol. The van der Waals surface area contributed by atoms with Gasteiger partial charge in [-0.05, 0) is 12.0 Å². The van der Waals surface area contributed by atoms with Gasteiger partial charge in [0.25, 0.3) is 0 Å². The van der Waals surface area contributed by atoms with Crippen molar-refractivity contribution in [2.45, 2.75) is 24.1 Å². The Bertz CT molecular complexity index is 523. The number of hydrogen-bond acceptors (Lipinski definition) is 5. The van der Waals surface area contributed by atoms with E-state index in [0.717, 1.165) is 21.8 Å². The van der Waals surface area contributed by atoms with E-state index in [9.17, 15) is 0 Å². The molecule has 0 saturated heterocycles. The molecule has 2 rings (SSSR count). The maximum atomic E-state index is 4.17. The molecule has 3 nitrogen and oxygen atoms in total. The van der Waals surface area contributed by atoms with Gasteiger partial charge in [0.15, 0.2) is 4.34 Å². The Hall–Kier alpha value is -1.33. The zero-order valence-corrected chi connectivity index (χ0v) is 13.2. The number of nitrogens with one attached hydrogen (secondary N) is 1. The van der Waals surface area contributed by atoms with E-state index in [4.69, 9.17) is 0 Å². The van der Waals surface area contributed by atoms with Crippen LogP contribution in [0.3, 0.4) is 0 Å². The van der Waals surface area contributed by atoms with Crippen LogP contribution in [0.25, 0.3) is 6.08 Å². The van der Waals surface area contributed by atoms with Crippen LogP contribution >= 0.6 is 23.1 Å². The maximum Gasteiger partial charge on any atom is 0.206 e. The van der Waals surface area contributed by atoms with Crippen molar-refractivity contribution in [1.82, 2.24) is 10.2 Å². The van der Waals surface area contributed by atoms with Crippen molar-refractivity contribution in [2.24, 2.45) is 0 Å². The highest BCUT2D eigenvalue weighted by Crippen LogP contribution is 2.25. The van der Waals surface area contributed by atoms with E-state index in [0.29, 0.717) is 0 Å². The third-order valence-corrected chi connectivity index (χ3v) is 4.59. The molecule has 1 aromatic carbocycles. The Kier molecular flexibility index (Phi) is 6.60. The van der Waals surface area contributed by atoms with E-state index in [1.807, 2.05) is 18.2 Å². The molecule has 0 unspecified atom stereocenters. The van der Waals surface area contributed by atoms with Crippen LogP contribution in [0, 0.1) is 0 Å². The van der Waals surface area contributed by atoms with Gasteiger partial charge in [0.05, 0.1) is 0 Å². The molecule has 0 saturated carbocycles. The third kappa shape index (κ3) is 5.35. The molecule has 1 N–H and O–H groups in total. The Morgan fingerprint density at radius 1 is 1.25 bits per heavy atom. The standard InChI is InChI=1S/C15H19N3S2/c1-2-3-11-16-14-17-18-15(20-14)19-12-7-10-13-8-5-4-6-9-13/h4-10H,2-3,11-12H2,1H3,(H,16,17)/b10-7+. The predicted octanol–water partition coefficient (Wildman–Crippen LogP) is 4.56. The summed E-state index contributed by atoms with van der Waals surface area (Å²) in [5.74, 6) is 0.915. The quantitative estimate of drug-likeness (QED) is 0.573. The first kappa shape index (κ1) is 15.1. The van der Waals surface area contributed by atoms with Gasteiger partial charge in [-0.1, -0.05) is 78.9 Å². The van der Waals surface area contributed by atoms with Gasteiger partial charge in [0.2, 0.25) is 5.13 Å². The topological polar surface area (TPSA) is 37.8 Å². The molecule has 20 heavy (non-hydrogen) atoms. The van der Waals surface area contributed by atoms with Crippen molar-refractivity contribution >= 4 is 34.3 Å². The molecule has 0 bridgehead atoms. The highest BCUT2D eigenvalue weighted by molar-refractivity contribution is 8.01. The zero-order valence-electron chi connectivity index (χ0n) is 11.6. The second-order valence-corrected chi connectivity index (χ2v) is 6.52. The SMILES string of the molecule is CCCCNc1nnc(SC/C=C/c2ccccc2)s1. The second kappa shape index (κ2) is 8.76. The largest absolute Gasteiger partial charge is 0.360 e. The second-order valence-electron chi connectivity index (χ2n) is 4.28. The minimum atomic E-state index is 0.915. The summed E-state index contributed by atoms with van der Waals surface area (Å²) in [4.78, 5) is 0. The van der Waals surface area contributed by atoms with Gasteiger partial charge < -0.3 is 5.32 Å². The molecule has 0 aliphatic heterocycles. The van der Waals surface area contributed by atoms with E-state index in [2.05, 4.69) is 46.7 Å². The average molecular weight is 305 g/mol. The number of aromatic nitrogens is 2. The third-order valence-electron chi connectivity index (χ3n) is 2.63. The van der Waals surface area contributed by atoms with E-state index in [-0.39, 0.29) is 0 Å². The van der Waals surface area contributed by atoms with Crippen molar-refractivity contribution in [1.29, 1.82) is 0 Å². The van der Waals surface area contributed by atoms with Crippen LogP contribution in [0.15, 0.2) is 40.7 Å². The Morgan fingerprint density at radius 3 is 2.90 bits per heavy atom. The first-order valence-electron chi connectivity index (χ1n) is 6.80. The van der Waals surface area contributed by atoms with E-state index in [1.165, 1.54) is 18.4 Å².